The Kier molecular flexibility index (Phi) is 5.50. The third-order valence-corrected chi connectivity index (χ3v) is 9.72. The van der Waals surface area contributed by atoms with Gasteiger partial charge in [-0.1, -0.05) is 26.8 Å². The molecule has 144 valence electrons. The molecule has 1 saturated heterocycles. The molecule has 7 heteroatoms. The van der Waals surface area contributed by atoms with Crippen LogP contribution in [0, 0.1) is 17.0 Å². The summed E-state index contributed by atoms with van der Waals surface area (Å²) in [5, 5.41) is 12.4. The molecule has 3 rings (SSSR count). The molecule has 2 aromatic rings. The summed E-state index contributed by atoms with van der Waals surface area (Å²) in [7, 11) is -2.18. The highest BCUT2D eigenvalue weighted by molar-refractivity contribution is 7.73. The molecule has 1 aliphatic rings. The molecule has 1 aliphatic heterocycles. The quantitative estimate of drug-likeness (QED) is 0.408. The number of rotatable bonds is 4. The van der Waals surface area contributed by atoms with E-state index in [4.69, 9.17) is 4.74 Å². The van der Waals surface area contributed by atoms with Crippen molar-refractivity contribution in [3.63, 3.8) is 0 Å². The van der Waals surface area contributed by atoms with Crippen LogP contribution >= 0.6 is 7.21 Å². The molecule has 0 aliphatic carbocycles. The van der Waals surface area contributed by atoms with Gasteiger partial charge in [-0.15, -0.1) is 0 Å². The summed E-state index contributed by atoms with van der Waals surface area (Å²) in [5.74, 6) is 0. The van der Waals surface area contributed by atoms with Crippen molar-refractivity contribution >= 4 is 23.9 Å². The summed E-state index contributed by atoms with van der Waals surface area (Å²) in [4.78, 5) is 15.2. The summed E-state index contributed by atoms with van der Waals surface area (Å²) in [6.45, 7) is 10.7. The van der Waals surface area contributed by atoms with Crippen LogP contribution in [0.25, 0.3) is 0 Å². The highest BCUT2D eigenvalue weighted by atomic mass is 31.2. The van der Waals surface area contributed by atoms with Crippen LogP contribution in [0.15, 0.2) is 47.5 Å². The number of aryl methyl sites for hydroxylation is 1. The molecule has 1 aromatic carbocycles. The number of benzene rings is 1. The van der Waals surface area contributed by atoms with E-state index in [1.54, 1.807) is 18.2 Å². The van der Waals surface area contributed by atoms with Gasteiger partial charge in [0.2, 0.25) is 0 Å². The number of nitro benzene ring substituents is 1. The third-order valence-electron chi connectivity index (χ3n) is 5.11. The standard InChI is InChI=1S/C20H27N4O2P/c1-16-7-8-17(24(25)26)15-19(16)22-27(20(2,3)4,23-13-5-6-14-23)18-9-11-21-12-10-18/h7-12,15H,5-6,13-14H2,1-4H3/t27-/m0/s1. The van der Waals surface area contributed by atoms with Gasteiger partial charge in [-0.25, -0.2) is 4.74 Å². The smallest absolute Gasteiger partial charge is 0.265 e. The van der Waals surface area contributed by atoms with Gasteiger partial charge in [0.15, 0.2) is 0 Å². The minimum absolute atomic E-state index is 0.0857. The van der Waals surface area contributed by atoms with Crippen molar-refractivity contribution in [3.05, 3.63) is 58.4 Å². The van der Waals surface area contributed by atoms with Crippen molar-refractivity contribution in [3.8, 4) is 0 Å². The van der Waals surface area contributed by atoms with Crippen molar-refractivity contribution in [2.24, 2.45) is 4.74 Å². The van der Waals surface area contributed by atoms with Crippen molar-refractivity contribution in [2.45, 2.75) is 45.7 Å². The fourth-order valence-electron chi connectivity index (χ4n) is 3.76. The first-order valence-electron chi connectivity index (χ1n) is 9.29. The lowest BCUT2D eigenvalue weighted by atomic mass is 10.2. The van der Waals surface area contributed by atoms with Gasteiger partial charge in [-0.05, 0) is 37.5 Å². The van der Waals surface area contributed by atoms with E-state index in [0.717, 1.165) is 37.2 Å². The van der Waals surface area contributed by atoms with Gasteiger partial charge in [0, 0.05) is 48.1 Å². The Morgan fingerprint density at radius 1 is 1.15 bits per heavy atom. The second-order valence-electron chi connectivity index (χ2n) is 7.97. The maximum Gasteiger partial charge on any atom is 0.271 e. The van der Waals surface area contributed by atoms with Crippen LogP contribution in [0.5, 0.6) is 0 Å². The van der Waals surface area contributed by atoms with E-state index in [1.165, 1.54) is 5.30 Å². The van der Waals surface area contributed by atoms with E-state index < -0.39 is 7.21 Å². The molecule has 0 unspecified atom stereocenters. The third kappa shape index (κ3) is 3.69. The van der Waals surface area contributed by atoms with Crippen LogP contribution in [-0.4, -0.2) is 32.8 Å². The van der Waals surface area contributed by atoms with E-state index in [2.05, 4.69) is 42.6 Å². The molecule has 2 heterocycles. The van der Waals surface area contributed by atoms with Crippen LogP contribution in [0.2, 0.25) is 0 Å². The van der Waals surface area contributed by atoms with Gasteiger partial charge in [-0.2, -0.15) is 0 Å². The molecule has 0 spiro atoms. The molecule has 0 N–H and O–H groups in total. The van der Waals surface area contributed by atoms with E-state index in [9.17, 15) is 10.1 Å². The molecule has 6 nitrogen and oxygen atoms in total. The van der Waals surface area contributed by atoms with E-state index in [-0.39, 0.29) is 15.8 Å². The Bertz CT molecular complexity index is 885. The lowest BCUT2D eigenvalue weighted by Gasteiger charge is -2.44. The van der Waals surface area contributed by atoms with Gasteiger partial charge >= 0.3 is 0 Å². The topological polar surface area (TPSA) is 71.6 Å². The zero-order valence-electron chi connectivity index (χ0n) is 16.4. The molecule has 0 radical (unpaired) electrons. The summed E-state index contributed by atoms with van der Waals surface area (Å²) in [6.07, 6.45) is 5.96. The van der Waals surface area contributed by atoms with Crippen LogP contribution in [-0.2, 0) is 0 Å². The van der Waals surface area contributed by atoms with Crippen LogP contribution in [0.4, 0.5) is 11.4 Å². The normalized spacial score (nSPS) is 17.5. The Balaban J connectivity index is 2.35. The Hall–Kier alpha value is -2.04. The Morgan fingerprint density at radius 2 is 1.78 bits per heavy atom. The summed E-state index contributed by atoms with van der Waals surface area (Å²) >= 11 is 0. The second-order valence-corrected chi connectivity index (χ2v) is 11.8. The number of hydrogen-bond acceptors (Lipinski definition) is 4. The number of aromatic nitrogens is 1. The van der Waals surface area contributed by atoms with Gasteiger partial charge in [-0.3, -0.25) is 19.8 Å². The molecule has 1 fully saturated rings. The molecule has 0 saturated carbocycles. The number of pyridine rings is 1. The van der Waals surface area contributed by atoms with Crippen LogP contribution < -0.4 is 5.30 Å². The first-order valence-corrected chi connectivity index (χ1v) is 11.0. The monoisotopic (exact) mass is 386 g/mol. The van der Waals surface area contributed by atoms with Gasteiger partial charge in [0.25, 0.3) is 5.69 Å². The molecular weight excluding hydrogens is 359 g/mol. The summed E-state index contributed by atoms with van der Waals surface area (Å²) in [5.41, 5.74) is 1.76. The Morgan fingerprint density at radius 3 is 2.33 bits per heavy atom. The summed E-state index contributed by atoms with van der Waals surface area (Å²) < 4.78 is 7.89. The second kappa shape index (κ2) is 7.53. The molecule has 0 bridgehead atoms. The van der Waals surface area contributed by atoms with Crippen molar-refractivity contribution in [2.75, 3.05) is 13.1 Å². The lowest BCUT2D eigenvalue weighted by molar-refractivity contribution is -0.384. The van der Waals surface area contributed by atoms with Crippen molar-refractivity contribution < 1.29 is 4.92 Å². The largest absolute Gasteiger partial charge is 0.271 e. The van der Waals surface area contributed by atoms with Crippen LogP contribution in [0.1, 0.15) is 39.2 Å². The minimum atomic E-state index is -2.18. The maximum absolute atomic E-state index is 11.3. The van der Waals surface area contributed by atoms with E-state index in [1.807, 2.05) is 19.3 Å². The highest BCUT2D eigenvalue weighted by Crippen LogP contribution is 2.65. The SMILES string of the molecule is Cc1ccc([N+](=O)[O-])cc1N=[P@@](c1ccncc1)(N1CCCC1)C(C)(C)C. The van der Waals surface area contributed by atoms with E-state index >= 15 is 0 Å². The molecular formula is C20H27N4O2P. The molecule has 1 aromatic heterocycles. The predicted octanol–water partition coefficient (Wildman–Crippen LogP) is 5.27. The number of nitrogens with zero attached hydrogens (tertiary/aromatic N) is 4. The number of non-ortho nitro benzene ring substituents is 1. The maximum atomic E-state index is 11.3. The average molecular weight is 386 g/mol. The molecule has 27 heavy (non-hydrogen) atoms. The number of hydrogen-bond donors (Lipinski definition) is 0. The van der Waals surface area contributed by atoms with Gasteiger partial charge < -0.3 is 0 Å². The zero-order valence-corrected chi connectivity index (χ0v) is 17.3. The fraction of sp³-hybridized carbons (Fsp3) is 0.450. The van der Waals surface area contributed by atoms with Crippen LogP contribution in [0.3, 0.4) is 0 Å². The zero-order chi connectivity index (χ0) is 19.7. The molecule has 0 amide bonds. The fourth-order valence-corrected chi connectivity index (χ4v) is 8.19. The minimum Gasteiger partial charge on any atom is -0.265 e. The summed E-state index contributed by atoms with van der Waals surface area (Å²) in [6, 6.07) is 9.09. The highest BCUT2D eigenvalue weighted by Gasteiger charge is 2.42. The molecule has 1 atom stereocenters. The van der Waals surface area contributed by atoms with E-state index in [0.29, 0.717) is 0 Å². The average Bonchev–Trinajstić information content (AvgIpc) is 3.15. The van der Waals surface area contributed by atoms with Crippen molar-refractivity contribution in [1.82, 2.24) is 9.65 Å². The van der Waals surface area contributed by atoms with Gasteiger partial charge in [0.1, 0.15) is 0 Å². The number of nitro groups is 1. The first-order chi connectivity index (χ1) is 12.8. The van der Waals surface area contributed by atoms with Gasteiger partial charge in [0.05, 0.1) is 17.8 Å². The Labute approximate surface area is 160 Å². The predicted molar refractivity (Wildman–Crippen MR) is 111 cm³/mol. The van der Waals surface area contributed by atoms with Crippen molar-refractivity contribution in [1.29, 1.82) is 0 Å². The first kappa shape index (κ1) is 19.7. The lowest BCUT2D eigenvalue weighted by Crippen LogP contribution is -2.35.